The van der Waals surface area contributed by atoms with Gasteiger partial charge in [0.05, 0.1) is 0 Å². The van der Waals surface area contributed by atoms with Crippen LogP contribution in [0, 0.1) is 0 Å². The fourth-order valence-electron chi connectivity index (χ4n) is 1.61. The van der Waals surface area contributed by atoms with Crippen molar-refractivity contribution in [2.45, 2.75) is 26.2 Å². The van der Waals surface area contributed by atoms with E-state index in [0.29, 0.717) is 6.42 Å². The largest absolute Gasteiger partial charge is 0.326 e. The molecule has 16 heavy (non-hydrogen) atoms. The highest BCUT2D eigenvalue weighted by atomic mass is 32.1. The van der Waals surface area contributed by atoms with E-state index in [-0.39, 0.29) is 5.91 Å². The molecule has 1 aromatic heterocycles. The molecule has 1 heterocycles. The maximum absolute atomic E-state index is 11.5. The first-order valence-electron chi connectivity index (χ1n) is 5.56. The molecule has 1 aromatic carbocycles. The zero-order valence-electron chi connectivity index (χ0n) is 9.32. The molecule has 0 aliphatic carbocycles. The van der Waals surface area contributed by atoms with E-state index in [0.717, 1.165) is 18.5 Å². The summed E-state index contributed by atoms with van der Waals surface area (Å²) in [6, 6.07) is 8.11. The number of carbonyl (C=O) groups is 1. The first kappa shape index (κ1) is 11.1. The van der Waals surface area contributed by atoms with Gasteiger partial charge in [-0.15, -0.1) is 11.3 Å². The van der Waals surface area contributed by atoms with Crippen LogP contribution in [0.25, 0.3) is 10.1 Å². The molecule has 0 aliphatic heterocycles. The lowest BCUT2D eigenvalue weighted by atomic mass is 10.2. The molecule has 0 atom stereocenters. The Bertz CT molecular complexity index is 489. The van der Waals surface area contributed by atoms with Gasteiger partial charge >= 0.3 is 0 Å². The molecule has 0 bridgehead atoms. The normalized spacial score (nSPS) is 10.6. The highest BCUT2D eigenvalue weighted by Crippen LogP contribution is 2.24. The Morgan fingerprint density at radius 2 is 2.25 bits per heavy atom. The minimum Gasteiger partial charge on any atom is -0.326 e. The van der Waals surface area contributed by atoms with E-state index < -0.39 is 0 Å². The van der Waals surface area contributed by atoms with Crippen molar-refractivity contribution in [3.05, 3.63) is 29.6 Å². The zero-order valence-corrected chi connectivity index (χ0v) is 10.1. The summed E-state index contributed by atoms with van der Waals surface area (Å²) in [7, 11) is 0. The van der Waals surface area contributed by atoms with Gasteiger partial charge in [0, 0.05) is 16.8 Å². The van der Waals surface area contributed by atoms with E-state index in [2.05, 4.69) is 29.8 Å². The number of unbranched alkanes of at least 4 members (excludes halogenated alkanes) is 1. The van der Waals surface area contributed by atoms with Gasteiger partial charge in [0.25, 0.3) is 0 Å². The Labute approximate surface area is 99.3 Å². The molecule has 84 valence electrons. The van der Waals surface area contributed by atoms with Crippen molar-refractivity contribution in [3.8, 4) is 0 Å². The highest BCUT2D eigenvalue weighted by Gasteiger charge is 2.02. The number of benzene rings is 1. The SMILES string of the molecule is CCCCC(=O)Nc1ccc2sccc2c1. The Kier molecular flexibility index (Phi) is 3.57. The number of rotatable bonds is 4. The van der Waals surface area contributed by atoms with Crippen LogP contribution in [0.4, 0.5) is 5.69 Å². The third-order valence-electron chi connectivity index (χ3n) is 2.49. The van der Waals surface area contributed by atoms with Crippen LogP contribution >= 0.6 is 11.3 Å². The molecule has 0 spiro atoms. The second kappa shape index (κ2) is 5.12. The van der Waals surface area contributed by atoms with Crippen LogP contribution in [0.2, 0.25) is 0 Å². The van der Waals surface area contributed by atoms with Crippen LogP contribution in [0.1, 0.15) is 26.2 Å². The van der Waals surface area contributed by atoms with Crippen molar-refractivity contribution in [3.63, 3.8) is 0 Å². The first-order chi connectivity index (χ1) is 7.79. The summed E-state index contributed by atoms with van der Waals surface area (Å²) in [5, 5.41) is 6.18. The third kappa shape index (κ3) is 2.61. The Morgan fingerprint density at radius 1 is 1.38 bits per heavy atom. The van der Waals surface area contributed by atoms with E-state index in [1.165, 1.54) is 10.1 Å². The highest BCUT2D eigenvalue weighted by molar-refractivity contribution is 7.17. The molecule has 0 fully saturated rings. The molecule has 3 heteroatoms. The summed E-state index contributed by atoms with van der Waals surface area (Å²) in [4.78, 5) is 11.5. The van der Waals surface area contributed by atoms with Gasteiger partial charge in [-0.3, -0.25) is 4.79 Å². The summed E-state index contributed by atoms with van der Waals surface area (Å²) in [5.41, 5.74) is 0.895. The lowest BCUT2D eigenvalue weighted by Gasteiger charge is -2.04. The van der Waals surface area contributed by atoms with Crippen molar-refractivity contribution in [2.24, 2.45) is 0 Å². The fraction of sp³-hybridized carbons (Fsp3) is 0.308. The van der Waals surface area contributed by atoms with Crippen LogP contribution in [-0.4, -0.2) is 5.91 Å². The van der Waals surface area contributed by atoms with Crippen LogP contribution in [0.5, 0.6) is 0 Å². The smallest absolute Gasteiger partial charge is 0.224 e. The van der Waals surface area contributed by atoms with Gasteiger partial charge in [0.2, 0.25) is 5.91 Å². The van der Waals surface area contributed by atoms with Crippen LogP contribution in [-0.2, 0) is 4.79 Å². The van der Waals surface area contributed by atoms with Gasteiger partial charge in [-0.05, 0) is 41.5 Å². The standard InChI is InChI=1S/C13H15NOS/c1-2-3-4-13(15)14-11-5-6-12-10(9-11)7-8-16-12/h5-9H,2-4H2,1H3,(H,14,15). The van der Waals surface area contributed by atoms with Crippen molar-refractivity contribution in [1.82, 2.24) is 0 Å². The minimum atomic E-state index is 0.108. The molecular weight excluding hydrogens is 218 g/mol. The van der Waals surface area contributed by atoms with Crippen molar-refractivity contribution >= 4 is 33.0 Å². The topological polar surface area (TPSA) is 29.1 Å². The molecule has 1 N–H and O–H groups in total. The first-order valence-corrected chi connectivity index (χ1v) is 6.44. The number of hydrogen-bond acceptors (Lipinski definition) is 2. The van der Waals surface area contributed by atoms with Crippen LogP contribution in [0.15, 0.2) is 29.6 Å². The van der Waals surface area contributed by atoms with E-state index in [1.807, 2.05) is 12.1 Å². The predicted molar refractivity (Wildman–Crippen MR) is 70.0 cm³/mol. The lowest BCUT2D eigenvalue weighted by Crippen LogP contribution is -2.10. The number of anilines is 1. The molecule has 0 aliphatic rings. The van der Waals surface area contributed by atoms with E-state index in [9.17, 15) is 4.79 Å². The van der Waals surface area contributed by atoms with E-state index in [4.69, 9.17) is 0 Å². The van der Waals surface area contributed by atoms with Crippen LogP contribution in [0.3, 0.4) is 0 Å². The number of fused-ring (bicyclic) bond motifs is 1. The molecule has 2 aromatic rings. The summed E-state index contributed by atoms with van der Waals surface area (Å²) in [6.07, 6.45) is 2.61. The summed E-state index contributed by atoms with van der Waals surface area (Å²) < 4.78 is 1.26. The molecule has 0 saturated carbocycles. The quantitative estimate of drug-likeness (QED) is 0.848. The summed E-state index contributed by atoms with van der Waals surface area (Å²) in [6.45, 7) is 2.09. The molecule has 1 amide bonds. The monoisotopic (exact) mass is 233 g/mol. The molecule has 2 rings (SSSR count). The number of hydrogen-bond donors (Lipinski definition) is 1. The fourth-order valence-corrected chi connectivity index (χ4v) is 2.38. The Balaban J connectivity index is 2.06. The van der Waals surface area contributed by atoms with Gasteiger partial charge in [-0.1, -0.05) is 13.3 Å². The summed E-state index contributed by atoms with van der Waals surface area (Å²) in [5.74, 6) is 0.108. The second-order valence-electron chi connectivity index (χ2n) is 3.82. The average Bonchev–Trinajstić information content (AvgIpc) is 2.73. The molecule has 2 nitrogen and oxygen atoms in total. The number of thiophene rings is 1. The number of carbonyl (C=O) groups excluding carboxylic acids is 1. The lowest BCUT2D eigenvalue weighted by molar-refractivity contribution is -0.116. The maximum Gasteiger partial charge on any atom is 0.224 e. The zero-order chi connectivity index (χ0) is 11.4. The Morgan fingerprint density at radius 3 is 3.06 bits per heavy atom. The van der Waals surface area contributed by atoms with Crippen molar-refractivity contribution < 1.29 is 4.79 Å². The van der Waals surface area contributed by atoms with Crippen molar-refractivity contribution in [1.29, 1.82) is 0 Å². The third-order valence-corrected chi connectivity index (χ3v) is 3.39. The molecule has 0 saturated heterocycles. The minimum absolute atomic E-state index is 0.108. The molecular formula is C13H15NOS. The number of amides is 1. The Hall–Kier alpha value is -1.35. The average molecular weight is 233 g/mol. The second-order valence-corrected chi connectivity index (χ2v) is 4.77. The van der Waals surface area contributed by atoms with Crippen molar-refractivity contribution in [2.75, 3.05) is 5.32 Å². The van der Waals surface area contributed by atoms with E-state index in [1.54, 1.807) is 11.3 Å². The van der Waals surface area contributed by atoms with Gasteiger partial charge in [0.15, 0.2) is 0 Å². The van der Waals surface area contributed by atoms with Gasteiger partial charge in [0.1, 0.15) is 0 Å². The summed E-state index contributed by atoms with van der Waals surface area (Å²) >= 11 is 1.72. The molecule has 0 radical (unpaired) electrons. The molecule has 0 unspecified atom stereocenters. The van der Waals surface area contributed by atoms with Gasteiger partial charge in [-0.25, -0.2) is 0 Å². The predicted octanol–water partition coefficient (Wildman–Crippen LogP) is 4.03. The van der Waals surface area contributed by atoms with Gasteiger partial charge < -0.3 is 5.32 Å². The van der Waals surface area contributed by atoms with Gasteiger partial charge in [-0.2, -0.15) is 0 Å². The van der Waals surface area contributed by atoms with E-state index >= 15 is 0 Å². The number of nitrogens with one attached hydrogen (secondary N) is 1. The van der Waals surface area contributed by atoms with Crippen LogP contribution < -0.4 is 5.32 Å². The maximum atomic E-state index is 11.5.